The Bertz CT molecular complexity index is 1900. The quantitative estimate of drug-likeness (QED) is 0.116. The van der Waals surface area contributed by atoms with Crippen LogP contribution in [-0.4, -0.2) is 0 Å². The molecule has 0 atom stereocenters. The van der Waals surface area contributed by atoms with E-state index in [0.717, 1.165) is 16.3 Å². The number of hydrogen-bond acceptors (Lipinski definition) is 4. The maximum Gasteiger partial charge on any atom is 0.142 e. The molecule has 0 amide bonds. The van der Waals surface area contributed by atoms with Crippen LogP contribution in [0.1, 0.15) is 36.1 Å². The molecule has 0 radical (unpaired) electrons. The Kier molecular flexibility index (Phi) is 6.88. The molecule has 0 saturated heterocycles. The van der Waals surface area contributed by atoms with Gasteiger partial charge in [-0.3, -0.25) is 0 Å². The summed E-state index contributed by atoms with van der Waals surface area (Å²) in [7, 11) is 0. The maximum atomic E-state index is 6.29. The van der Waals surface area contributed by atoms with Crippen molar-refractivity contribution in [3.8, 4) is 16.9 Å². The summed E-state index contributed by atoms with van der Waals surface area (Å²) < 4.78 is 6.29. The summed E-state index contributed by atoms with van der Waals surface area (Å²) in [5.74, 6) is 0.726. The Balaban J connectivity index is 0.000000328. The van der Waals surface area contributed by atoms with Crippen LogP contribution in [0.5, 0.6) is 5.75 Å². The van der Waals surface area contributed by atoms with Gasteiger partial charge < -0.3 is 16.2 Å². The number of fused-ring (bicyclic) bond motifs is 5. The summed E-state index contributed by atoms with van der Waals surface area (Å²) in [5.41, 5.74) is 21.0. The number of nitrogen functional groups attached to an aromatic ring is 2. The highest BCUT2D eigenvalue weighted by atomic mass is 32.1. The van der Waals surface area contributed by atoms with E-state index in [9.17, 15) is 0 Å². The van der Waals surface area contributed by atoms with Crippen molar-refractivity contribution in [2.75, 3.05) is 11.5 Å². The Morgan fingerprint density at radius 1 is 0.634 bits per heavy atom. The van der Waals surface area contributed by atoms with Crippen molar-refractivity contribution in [2.45, 2.75) is 37.7 Å². The Morgan fingerprint density at radius 3 is 1.98 bits per heavy atom. The van der Waals surface area contributed by atoms with Gasteiger partial charge in [0.15, 0.2) is 0 Å². The molecule has 0 heterocycles. The van der Waals surface area contributed by atoms with Crippen molar-refractivity contribution in [3.63, 3.8) is 0 Å². The average Bonchev–Trinajstić information content (AvgIpc) is 3.21. The number of ether oxygens (including phenoxy) is 1. The molecule has 3 nitrogen and oxygen atoms in total. The minimum Gasteiger partial charge on any atom is -0.487 e. The first-order valence-corrected chi connectivity index (χ1v) is 14.3. The van der Waals surface area contributed by atoms with Gasteiger partial charge in [0.25, 0.3) is 0 Å². The summed E-state index contributed by atoms with van der Waals surface area (Å²) in [6.45, 7) is 7.37. The highest BCUT2D eigenvalue weighted by Gasteiger charge is 2.35. The molecule has 0 aliphatic heterocycles. The van der Waals surface area contributed by atoms with E-state index in [1.54, 1.807) is 0 Å². The number of benzene rings is 6. The second-order valence-corrected chi connectivity index (χ2v) is 11.6. The first-order valence-electron chi connectivity index (χ1n) is 13.9. The van der Waals surface area contributed by atoms with Crippen molar-refractivity contribution in [3.05, 3.63) is 131 Å². The number of hydrogen-bond donors (Lipinski definition) is 3. The van der Waals surface area contributed by atoms with Gasteiger partial charge in [0.2, 0.25) is 0 Å². The number of nitrogens with two attached hydrogens (primary N) is 2. The van der Waals surface area contributed by atoms with Gasteiger partial charge in [0.05, 0.1) is 5.69 Å². The molecule has 0 aromatic heterocycles. The second kappa shape index (κ2) is 10.5. The number of aryl methyl sites for hydroxylation is 1. The lowest BCUT2D eigenvalue weighted by molar-refractivity contribution is 0.311. The third-order valence-electron chi connectivity index (χ3n) is 8.33. The van der Waals surface area contributed by atoms with Gasteiger partial charge in [-0.05, 0) is 92.7 Å². The lowest BCUT2D eigenvalue weighted by atomic mass is 9.81. The van der Waals surface area contributed by atoms with E-state index in [-0.39, 0.29) is 5.41 Å². The highest BCUT2D eigenvalue weighted by molar-refractivity contribution is 7.80. The van der Waals surface area contributed by atoms with E-state index in [2.05, 4.69) is 94.1 Å². The number of para-hydroxylation sites is 3. The molecule has 1 aliphatic carbocycles. The van der Waals surface area contributed by atoms with Crippen LogP contribution in [0, 0.1) is 6.92 Å². The predicted octanol–water partition coefficient (Wildman–Crippen LogP) is 9.33. The molecule has 0 fully saturated rings. The van der Waals surface area contributed by atoms with Crippen LogP contribution in [0.2, 0.25) is 0 Å². The first kappa shape index (κ1) is 26.8. The average molecular weight is 555 g/mol. The zero-order valence-corrected chi connectivity index (χ0v) is 24.5. The molecule has 7 rings (SSSR count). The molecule has 0 unspecified atom stereocenters. The van der Waals surface area contributed by atoms with E-state index >= 15 is 0 Å². The molecule has 41 heavy (non-hydrogen) atoms. The molecule has 0 spiro atoms. The largest absolute Gasteiger partial charge is 0.487 e. The van der Waals surface area contributed by atoms with Crippen LogP contribution in [0.15, 0.2) is 114 Å². The van der Waals surface area contributed by atoms with E-state index in [0.29, 0.717) is 12.3 Å². The van der Waals surface area contributed by atoms with Crippen molar-refractivity contribution < 1.29 is 4.74 Å². The summed E-state index contributed by atoms with van der Waals surface area (Å²) in [4.78, 5) is 0.840. The zero-order chi connectivity index (χ0) is 28.7. The summed E-state index contributed by atoms with van der Waals surface area (Å²) >= 11 is 4.07. The van der Waals surface area contributed by atoms with Crippen LogP contribution in [0.4, 0.5) is 11.4 Å². The van der Waals surface area contributed by atoms with E-state index in [1.807, 2.05) is 48.5 Å². The standard InChI is InChI=1S/C31H27NO.C6H7NS/c1-19-20-10-4-5-11-21(20)26(18-33-30-15-9-8-14-29(30)32)24-17-28-25(16-23(19)24)22-12-6-7-13-27(22)31(28,2)3;7-5-3-1-2-4-6(5)8/h4-17H,18,32H2,1-3H3;1-4,8H,7H2. The molecule has 4 N–H and O–H groups in total. The van der Waals surface area contributed by atoms with Gasteiger partial charge >= 0.3 is 0 Å². The fourth-order valence-corrected chi connectivity index (χ4v) is 6.24. The monoisotopic (exact) mass is 554 g/mol. The molecule has 204 valence electrons. The summed E-state index contributed by atoms with van der Waals surface area (Å²) in [6, 6.07) is 37.5. The van der Waals surface area contributed by atoms with Crippen molar-refractivity contribution in [1.82, 2.24) is 0 Å². The number of thiol groups is 1. The predicted molar refractivity (Wildman–Crippen MR) is 177 cm³/mol. The maximum absolute atomic E-state index is 6.29. The molecular formula is C37H34N2OS. The third kappa shape index (κ3) is 4.68. The van der Waals surface area contributed by atoms with Gasteiger partial charge in [-0.2, -0.15) is 0 Å². The van der Waals surface area contributed by atoms with Crippen LogP contribution in [-0.2, 0) is 12.0 Å². The Hall–Kier alpha value is -4.41. The van der Waals surface area contributed by atoms with Gasteiger partial charge in [-0.1, -0.05) is 86.6 Å². The number of rotatable bonds is 3. The molecule has 0 saturated carbocycles. The molecule has 6 aromatic carbocycles. The molecule has 1 aliphatic rings. The molecular weight excluding hydrogens is 520 g/mol. The van der Waals surface area contributed by atoms with Gasteiger partial charge in [-0.15, -0.1) is 12.6 Å². The van der Waals surface area contributed by atoms with Crippen LogP contribution in [0.25, 0.3) is 32.7 Å². The minimum atomic E-state index is -0.0400. The lowest BCUT2D eigenvalue weighted by Gasteiger charge is -2.23. The minimum absolute atomic E-state index is 0.0400. The topological polar surface area (TPSA) is 61.3 Å². The summed E-state index contributed by atoms with van der Waals surface area (Å²) in [6.07, 6.45) is 0. The van der Waals surface area contributed by atoms with E-state index in [4.69, 9.17) is 16.2 Å². The van der Waals surface area contributed by atoms with Crippen LogP contribution < -0.4 is 16.2 Å². The number of anilines is 2. The van der Waals surface area contributed by atoms with E-state index in [1.165, 1.54) is 54.9 Å². The second-order valence-electron chi connectivity index (χ2n) is 11.1. The molecule has 0 bridgehead atoms. The fraction of sp³-hybridized carbons (Fsp3) is 0.135. The van der Waals surface area contributed by atoms with E-state index < -0.39 is 0 Å². The summed E-state index contributed by atoms with van der Waals surface area (Å²) in [5, 5.41) is 5.07. The first-order chi connectivity index (χ1) is 19.8. The zero-order valence-electron chi connectivity index (χ0n) is 23.6. The van der Waals surface area contributed by atoms with Crippen molar-refractivity contribution in [1.29, 1.82) is 0 Å². The van der Waals surface area contributed by atoms with Gasteiger partial charge in [-0.25, -0.2) is 0 Å². The smallest absolute Gasteiger partial charge is 0.142 e. The SMILES string of the molecule is Cc1c2ccccc2c(COc2ccccc2N)c2cc3c(cc12)-c1ccccc1C3(C)C.Nc1ccccc1S. The Labute approximate surface area is 247 Å². The van der Waals surface area contributed by atoms with Crippen LogP contribution in [0.3, 0.4) is 0 Å². The van der Waals surface area contributed by atoms with Gasteiger partial charge in [0.1, 0.15) is 12.4 Å². The fourth-order valence-electron chi connectivity index (χ4n) is 6.08. The Morgan fingerprint density at radius 2 is 1.27 bits per heavy atom. The molecule has 4 heteroatoms. The lowest BCUT2D eigenvalue weighted by Crippen LogP contribution is -2.15. The van der Waals surface area contributed by atoms with Crippen LogP contribution >= 0.6 is 12.6 Å². The highest BCUT2D eigenvalue weighted by Crippen LogP contribution is 2.51. The normalized spacial score (nSPS) is 12.9. The van der Waals surface area contributed by atoms with Gasteiger partial charge in [0, 0.05) is 21.6 Å². The van der Waals surface area contributed by atoms with Crippen molar-refractivity contribution >= 4 is 45.5 Å². The molecule has 6 aromatic rings. The third-order valence-corrected chi connectivity index (χ3v) is 8.74. The van der Waals surface area contributed by atoms with Crippen molar-refractivity contribution in [2.24, 2.45) is 0 Å².